The lowest BCUT2D eigenvalue weighted by molar-refractivity contribution is 0.235. The number of amides is 2. The molecule has 2 aromatic rings. The van der Waals surface area contributed by atoms with Gasteiger partial charge in [0.15, 0.2) is 0 Å². The molecule has 1 saturated carbocycles. The molecule has 0 radical (unpaired) electrons. The summed E-state index contributed by atoms with van der Waals surface area (Å²) in [5.74, 6) is 0.196. The topological polar surface area (TPSA) is 41.1 Å². The van der Waals surface area contributed by atoms with Crippen LogP contribution in [0.25, 0.3) is 0 Å². The van der Waals surface area contributed by atoms with Crippen LogP contribution in [-0.4, -0.2) is 6.03 Å². The van der Waals surface area contributed by atoms with Crippen molar-refractivity contribution in [3.05, 3.63) is 71.0 Å². The normalized spacial score (nSPS) is 15.0. The lowest BCUT2D eigenvalue weighted by Crippen LogP contribution is -2.38. The van der Waals surface area contributed by atoms with E-state index in [0.717, 1.165) is 18.4 Å². The highest BCUT2D eigenvalue weighted by Gasteiger charge is 2.33. The molecule has 23 heavy (non-hydrogen) atoms. The number of aryl methyl sites for hydroxylation is 1. The first-order chi connectivity index (χ1) is 11.1. The minimum Gasteiger partial charge on any atom is -0.334 e. The molecular weight excluding hydrogens is 291 g/mol. The number of carbonyl (C=O) groups is 1. The Morgan fingerprint density at radius 2 is 1.87 bits per heavy atom. The van der Waals surface area contributed by atoms with Crippen LogP contribution in [-0.2, 0) is 6.54 Å². The average molecular weight is 312 g/mol. The van der Waals surface area contributed by atoms with Crippen LogP contribution in [0.3, 0.4) is 0 Å². The van der Waals surface area contributed by atoms with Crippen LogP contribution in [0.2, 0.25) is 0 Å². The third kappa shape index (κ3) is 4.09. The summed E-state index contributed by atoms with van der Waals surface area (Å²) < 4.78 is 13.6. The highest BCUT2D eigenvalue weighted by molar-refractivity contribution is 5.74. The third-order valence-electron chi connectivity index (χ3n) is 4.21. The Balaban J connectivity index is 1.61. The maximum atomic E-state index is 13.6. The number of hydrogen-bond acceptors (Lipinski definition) is 1. The van der Waals surface area contributed by atoms with E-state index < -0.39 is 0 Å². The number of nitrogens with one attached hydrogen (secondary N) is 2. The molecule has 0 aromatic heterocycles. The molecule has 2 N–H and O–H groups in total. The molecule has 0 spiro atoms. The van der Waals surface area contributed by atoms with Gasteiger partial charge in [0.2, 0.25) is 0 Å². The van der Waals surface area contributed by atoms with Gasteiger partial charge in [0.05, 0.1) is 6.04 Å². The first-order valence-electron chi connectivity index (χ1n) is 7.98. The van der Waals surface area contributed by atoms with E-state index in [1.807, 2.05) is 6.92 Å². The summed E-state index contributed by atoms with van der Waals surface area (Å²) in [5.41, 5.74) is 2.81. The Bertz CT molecular complexity index is 680. The second-order valence-corrected chi connectivity index (χ2v) is 6.14. The number of urea groups is 1. The van der Waals surface area contributed by atoms with Gasteiger partial charge in [-0.3, -0.25) is 0 Å². The van der Waals surface area contributed by atoms with E-state index in [0.29, 0.717) is 11.5 Å². The summed E-state index contributed by atoms with van der Waals surface area (Å²) in [5, 5.41) is 5.78. The van der Waals surface area contributed by atoms with Gasteiger partial charge in [-0.25, -0.2) is 9.18 Å². The Morgan fingerprint density at radius 1 is 1.17 bits per heavy atom. The van der Waals surface area contributed by atoms with Crippen molar-refractivity contribution < 1.29 is 9.18 Å². The molecule has 120 valence electrons. The predicted octanol–water partition coefficient (Wildman–Crippen LogP) is 4.08. The lowest BCUT2D eigenvalue weighted by Gasteiger charge is -2.19. The molecule has 1 fully saturated rings. The highest BCUT2D eigenvalue weighted by atomic mass is 19.1. The van der Waals surface area contributed by atoms with Crippen molar-refractivity contribution in [2.75, 3.05) is 0 Å². The van der Waals surface area contributed by atoms with Gasteiger partial charge < -0.3 is 10.6 Å². The molecule has 0 aliphatic heterocycles. The number of hydrogen-bond donors (Lipinski definition) is 2. The molecule has 1 atom stereocenters. The fraction of sp³-hybridized carbons (Fsp3) is 0.316. The minimum absolute atomic E-state index is 0.0243. The predicted molar refractivity (Wildman–Crippen MR) is 88.4 cm³/mol. The lowest BCUT2D eigenvalue weighted by atomic mass is 10.0. The Labute approximate surface area is 135 Å². The van der Waals surface area contributed by atoms with Gasteiger partial charge >= 0.3 is 6.03 Å². The van der Waals surface area contributed by atoms with Gasteiger partial charge in [-0.2, -0.15) is 0 Å². The summed E-state index contributed by atoms with van der Waals surface area (Å²) in [6, 6.07) is 14.5. The first-order valence-corrected chi connectivity index (χ1v) is 7.98. The smallest absolute Gasteiger partial charge is 0.315 e. The minimum atomic E-state index is -0.301. The zero-order valence-electron chi connectivity index (χ0n) is 13.2. The van der Waals surface area contributed by atoms with Crippen LogP contribution in [0.1, 0.15) is 35.6 Å². The molecule has 1 aliphatic carbocycles. The quantitative estimate of drug-likeness (QED) is 0.858. The monoisotopic (exact) mass is 312 g/mol. The molecule has 0 unspecified atom stereocenters. The van der Waals surface area contributed by atoms with Crippen molar-refractivity contribution in [3.8, 4) is 0 Å². The Hall–Kier alpha value is -2.36. The number of halogens is 1. The van der Waals surface area contributed by atoms with Crippen molar-refractivity contribution in [2.45, 2.75) is 32.4 Å². The first kappa shape index (κ1) is 15.5. The summed E-state index contributed by atoms with van der Waals surface area (Å²) in [6.07, 6.45) is 2.26. The van der Waals surface area contributed by atoms with Crippen LogP contribution >= 0.6 is 0 Å². The molecule has 2 amide bonds. The highest BCUT2D eigenvalue weighted by Crippen LogP contribution is 2.40. The van der Waals surface area contributed by atoms with Crippen molar-refractivity contribution >= 4 is 6.03 Å². The fourth-order valence-electron chi connectivity index (χ4n) is 2.69. The Morgan fingerprint density at radius 3 is 2.52 bits per heavy atom. The van der Waals surface area contributed by atoms with Crippen LogP contribution < -0.4 is 10.6 Å². The summed E-state index contributed by atoms with van der Waals surface area (Å²) in [4.78, 5) is 12.2. The van der Waals surface area contributed by atoms with Crippen LogP contribution in [0.4, 0.5) is 9.18 Å². The van der Waals surface area contributed by atoms with Crippen molar-refractivity contribution in [1.29, 1.82) is 0 Å². The van der Waals surface area contributed by atoms with Gasteiger partial charge in [-0.15, -0.1) is 0 Å². The third-order valence-corrected chi connectivity index (χ3v) is 4.21. The number of carbonyl (C=O) groups excluding carboxylic acids is 1. The van der Waals surface area contributed by atoms with E-state index in [9.17, 15) is 9.18 Å². The van der Waals surface area contributed by atoms with Crippen molar-refractivity contribution in [3.63, 3.8) is 0 Å². The molecule has 4 heteroatoms. The summed E-state index contributed by atoms with van der Waals surface area (Å²) >= 11 is 0. The fourth-order valence-corrected chi connectivity index (χ4v) is 2.69. The SMILES string of the molecule is Cc1ccc([C@@H](NC(=O)NCc2ccccc2F)C2CC2)cc1. The van der Waals surface area contributed by atoms with Crippen LogP contribution in [0.5, 0.6) is 0 Å². The maximum Gasteiger partial charge on any atom is 0.315 e. The van der Waals surface area contributed by atoms with Crippen molar-refractivity contribution in [2.24, 2.45) is 5.92 Å². The molecule has 3 nitrogen and oxygen atoms in total. The molecule has 0 saturated heterocycles. The second kappa shape index (κ2) is 6.82. The zero-order valence-corrected chi connectivity index (χ0v) is 13.2. The molecule has 0 heterocycles. The van der Waals surface area contributed by atoms with E-state index in [1.165, 1.54) is 11.6 Å². The van der Waals surface area contributed by atoms with Gasteiger partial charge in [0, 0.05) is 12.1 Å². The van der Waals surface area contributed by atoms with Gasteiger partial charge in [0.25, 0.3) is 0 Å². The van der Waals surface area contributed by atoms with Crippen LogP contribution in [0, 0.1) is 18.7 Å². The summed E-state index contributed by atoms with van der Waals surface area (Å²) in [6.45, 7) is 2.23. The number of benzene rings is 2. The second-order valence-electron chi connectivity index (χ2n) is 6.14. The Kier molecular flexibility index (Phi) is 4.60. The largest absolute Gasteiger partial charge is 0.334 e. The molecule has 2 aromatic carbocycles. The van der Waals surface area contributed by atoms with Gasteiger partial charge in [0.1, 0.15) is 5.82 Å². The average Bonchev–Trinajstić information content (AvgIpc) is 3.38. The molecular formula is C19H21FN2O. The van der Waals surface area contributed by atoms with E-state index >= 15 is 0 Å². The van der Waals surface area contributed by atoms with Crippen LogP contribution in [0.15, 0.2) is 48.5 Å². The molecule has 3 rings (SSSR count). The summed E-state index contributed by atoms with van der Waals surface area (Å²) in [7, 11) is 0. The standard InChI is InChI=1S/C19H21FN2O/c1-13-6-8-14(9-7-13)18(15-10-11-15)22-19(23)21-12-16-4-2-3-5-17(16)20/h2-9,15,18H,10-12H2,1H3,(H2,21,22,23)/t18-/m1/s1. The molecule has 1 aliphatic rings. The van der Waals surface area contributed by atoms with E-state index in [1.54, 1.807) is 18.2 Å². The maximum absolute atomic E-state index is 13.6. The van der Waals surface area contributed by atoms with E-state index in [-0.39, 0.29) is 24.4 Å². The van der Waals surface area contributed by atoms with Crippen molar-refractivity contribution in [1.82, 2.24) is 10.6 Å². The van der Waals surface area contributed by atoms with Gasteiger partial charge in [-0.05, 0) is 37.3 Å². The van der Waals surface area contributed by atoms with E-state index in [4.69, 9.17) is 0 Å². The number of rotatable bonds is 5. The zero-order chi connectivity index (χ0) is 16.2. The van der Waals surface area contributed by atoms with Gasteiger partial charge in [-0.1, -0.05) is 48.0 Å². The molecule has 0 bridgehead atoms. The van der Waals surface area contributed by atoms with E-state index in [2.05, 4.69) is 34.9 Å².